The number of fused-ring (bicyclic) bond motifs is 2. The third-order valence-electron chi connectivity index (χ3n) is 5.67. The van der Waals surface area contributed by atoms with E-state index in [4.69, 9.17) is 14.2 Å². The Morgan fingerprint density at radius 3 is 2.48 bits per heavy atom. The van der Waals surface area contributed by atoms with E-state index in [9.17, 15) is 4.79 Å². The fraction of sp³-hybridized carbons (Fsp3) is 0.375. The molecule has 0 saturated heterocycles. The molecule has 0 fully saturated rings. The highest BCUT2D eigenvalue weighted by molar-refractivity contribution is 5.75. The van der Waals surface area contributed by atoms with Crippen LogP contribution in [0.4, 0.5) is 10.5 Å². The Labute approximate surface area is 171 Å². The summed E-state index contributed by atoms with van der Waals surface area (Å²) < 4.78 is 17.5. The molecule has 2 aliphatic rings. The average molecular weight is 393 g/mol. The van der Waals surface area contributed by atoms with Gasteiger partial charge in [-0.3, -0.25) is 0 Å². The van der Waals surface area contributed by atoms with E-state index in [2.05, 4.69) is 37.0 Å². The Kier molecular flexibility index (Phi) is 4.19. The predicted octanol–water partition coefficient (Wildman–Crippen LogP) is 5.53. The lowest BCUT2D eigenvalue weighted by molar-refractivity contribution is 0.0169. The Hall–Kier alpha value is -2.95. The number of nitrogens with zero attached hydrogens (tertiary/aromatic N) is 1. The molecule has 5 nitrogen and oxygen atoms in total. The van der Waals surface area contributed by atoms with Crippen molar-refractivity contribution in [3.63, 3.8) is 0 Å². The van der Waals surface area contributed by atoms with Gasteiger partial charge in [-0.1, -0.05) is 30.3 Å². The van der Waals surface area contributed by atoms with E-state index in [0.717, 1.165) is 11.3 Å². The van der Waals surface area contributed by atoms with Crippen molar-refractivity contribution >= 4 is 17.9 Å². The number of para-hydroxylation sites is 2. The molecule has 0 aromatic heterocycles. The van der Waals surface area contributed by atoms with Gasteiger partial charge in [-0.2, -0.15) is 0 Å². The van der Waals surface area contributed by atoms with Gasteiger partial charge in [0.1, 0.15) is 5.60 Å². The minimum absolute atomic E-state index is 0.328. The molecule has 152 valence electrons. The Morgan fingerprint density at radius 2 is 1.79 bits per heavy atom. The average Bonchev–Trinajstić information content (AvgIpc) is 2.80. The van der Waals surface area contributed by atoms with Crippen molar-refractivity contribution in [2.45, 2.75) is 51.4 Å². The summed E-state index contributed by atoms with van der Waals surface area (Å²) in [5.41, 5.74) is 1.49. The van der Waals surface area contributed by atoms with Crippen LogP contribution in [0.15, 0.2) is 48.5 Å². The maximum atomic E-state index is 12.3. The number of likely N-dealkylation sites (N-methyl/N-ethyl adjacent to an activating group) is 1. The lowest BCUT2D eigenvalue weighted by Crippen LogP contribution is -2.58. The molecule has 0 saturated carbocycles. The minimum Gasteiger partial charge on any atom is -0.459 e. The third-order valence-corrected chi connectivity index (χ3v) is 5.67. The first-order valence-corrected chi connectivity index (χ1v) is 9.81. The van der Waals surface area contributed by atoms with Crippen molar-refractivity contribution in [2.75, 3.05) is 11.9 Å². The van der Waals surface area contributed by atoms with Crippen LogP contribution in [0.25, 0.3) is 6.08 Å². The van der Waals surface area contributed by atoms with E-state index in [1.807, 2.05) is 37.4 Å². The van der Waals surface area contributed by atoms with Crippen molar-refractivity contribution in [3.8, 4) is 11.5 Å². The summed E-state index contributed by atoms with van der Waals surface area (Å²) in [6.07, 6.45) is 3.37. The quantitative estimate of drug-likeness (QED) is 0.471. The summed E-state index contributed by atoms with van der Waals surface area (Å²) in [5, 5.41) is 0. The standard InChI is InChI=1S/C24H27NO4/c1-22(2,3)29-21(26)27-19-13-9-10-16-14-15-24(28-20(16)19)23(4,5)17-11-7-8-12-18(17)25(24)6/h7-15H,1-6H3. The first-order valence-electron chi connectivity index (χ1n) is 9.81. The zero-order valence-electron chi connectivity index (χ0n) is 17.8. The van der Waals surface area contributed by atoms with E-state index < -0.39 is 17.5 Å². The summed E-state index contributed by atoms with van der Waals surface area (Å²) in [7, 11) is 2.03. The first-order chi connectivity index (χ1) is 13.6. The van der Waals surface area contributed by atoms with Crippen LogP contribution in [-0.4, -0.2) is 24.5 Å². The second kappa shape index (κ2) is 6.28. The number of hydrogen-bond donors (Lipinski definition) is 0. The van der Waals surface area contributed by atoms with Gasteiger partial charge < -0.3 is 19.1 Å². The molecule has 1 atom stereocenters. The molecule has 1 unspecified atom stereocenters. The number of benzene rings is 2. The Balaban J connectivity index is 1.73. The molecule has 1 spiro atoms. The number of ether oxygens (including phenoxy) is 3. The summed E-state index contributed by atoms with van der Waals surface area (Å²) in [6.45, 7) is 9.74. The van der Waals surface area contributed by atoms with Crippen LogP contribution in [-0.2, 0) is 10.2 Å². The Morgan fingerprint density at radius 1 is 1.07 bits per heavy atom. The molecule has 0 aliphatic carbocycles. The number of carbonyl (C=O) groups is 1. The van der Waals surface area contributed by atoms with Crippen LogP contribution in [0, 0.1) is 0 Å². The molecule has 2 aliphatic heterocycles. The minimum atomic E-state index is -0.750. The molecule has 5 heteroatoms. The lowest BCUT2D eigenvalue weighted by Gasteiger charge is -2.45. The van der Waals surface area contributed by atoms with E-state index in [-0.39, 0.29) is 5.41 Å². The maximum absolute atomic E-state index is 12.3. The highest BCUT2D eigenvalue weighted by atomic mass is 16.7. The summed E-state index contributed by atoms with van der Waals surface area (Å²) in [6, 6.07) is 13.8. The van der Waals surface area contributed by atoms with Crippen molar-refractivity contribution in [1.29, 1.82) is 0 Å². The zero-order valence-corrected chi connectivity index (χ0v) is 17.8. The van der Waals surface area contributed by atoms with E-state index >= 15 is 0 Å². The van der Waals surface area contributed by atoms with Crippen molar-refractivity contribution in [1.82, 2.24) is 0 Å². The zero-order chi connectivity index (χ0) is 21.0. The second-order valence-corrected chi connectivity index (χ2v) is 9.07. The molecule has 0 bridgehead atoms. The van der Waals surface area contributed by atoms with Crippen LogP contribution < -0.4 is 14.4 Å². The lowest BCUT2D eigenvalue weighted by atomic mass is 9.76. The number of anilines is 1. The van der Waals surface area contributed by atoms with Gasteiger partial charge in [0.25, 0.3) is 0 Å². The molecule has 4 rings (SSSR count). The molecule has 0 N–H and O–H groups in total. The second-order valence-electron chi connectivity index (χ2n) is 9.07. The summed E-state index contributed by atoms with van der Waals surface area (Å²) in [5.74, 6) is 0.884. The number of rotatable bonds is 1. The fourth-order valence-corrected chi connectivity index (χ4v) is 4.21. The van der Waals surface area contributed by atoms with Crippen LogP contribution in [0.1, 0.15) is 45.7 Å². The van der Waals surface area contributed by atoms with Crippen LogP contribution in [0.2, 0.25) is 0 Å². The smallest absolute Gasteiger partial charge is 0.459 e. The normalized spacial score (nSPS) is 21.4. The SMILES string of the molecule is CN1c2ccccc2C(C)(C)C12C=Cc1cccc(OC(=O)OC(C)(C)C)c1O2. The molecule has 2 aromatic carbocycles. The third kappa shape index (κ3) is 2.96. The number of hydrogen-bond acceptors (Lipinski definition) is 5. The van der Waals surface area contributed by atoms with Crippen molar-refractivity contribution in [2.24, 2.45) is 0 Å². The van der Waals surface area contributed by atoms with Gasteiger partial charge in [-0.05, 0) is 64.5 Å². The first kappa shape index (κ1) is 19.4. The molecule has 2 aromatic rings. The highest BCUT2D eigenvalue weighted by Gasteiger charge is 2.57. The van der Waals surface area contributed by atoms with E-state index in [0.29, 0.717) is 11.5 Å². The maximum Gasteiger partial charge on any atom is 0.514 e. The monoisotopic (exact) mass is 393 g/mol. The highest BCUT2D eigenvalue weighted by Crippen LogP contribution is 2.55. The van der Waals surface area contributed by atoms with Crippen LogP contribution in [0.3, 0.4) is 0 Å². The molecular weight excluding hydrogens is 366 g/mol. The van der Waals surface area contributed by atoms with E-state index in [1.54, 1.807) is 26.8 Å². The largest absolute Gasteiger partial charge is 0.514 e. The molecule has 2 heterocycles. The van der Waals surface area contributed by atoms with Gasteiger partial charge in [0.05, 0.1) is 5.41 Å². The van der Waals surface area contributed by atoms with E-state index in [1.165, 1.54) is 5.56 Å². The molecule has 29 heavy (non-hydrogen) atoms. The predicted molar refractivity (Wildman–Crippen MR) is 114 cm³/mol. The van der Waals surface area contributed by atoms with Gasteiger partial charge in [-0.25, -0.2) is 4.79 Å². The number of carbonyl (C=O) groups excluding carboxylic acids is 1. The van der Waals surface area contributed by atoms with Gasteiger partial charge in [0, 0.05) is 18.3 Å². The summed E-state index contributed by atoms with van der Waals surface area (Å²) >= 11 is 0. The van der Waals surface area contributed by atoms with Gasteiger partial charge >= 0.3 is 6.16 Å². The Bertz CT molecular complexity index is 1000. The van der Waals surface area contributed by atoms with Crippen molar-refractivity contribution < 1.29 is 19.0 Å². The van der Waals surface area contributed by atoms with Gasteiger partial charge in [0.2, 0.25) is 5.72 Å². The molecule has 0 amide bonds. The fourth-order valence-electron chi connectivity index (χ4n) is 4.21. The molecule has 0 radical (unpaired) electrons. The van der Waals surface area contributed by atoms with Crippen molar-refractivity contribution in [3.05, 3.63) is 59.7 Å². The topological polar surface area (TPSA) is 48.0 Å². The molecular formula is C24H27NO4. The van der Waals surface area contributed by atoms with Gasteiger partial charge in [-0.15, -0.1) is 0 Å². The van der Waals surface area contributed by atoms with Gasteiger partial charge in [0.15, 0.2) is 11.5 Å². The van der Waals surface area contributed by atoms with Crippen LogP contribution in [0.5, 0.6) is 11.5 Å². The van der Waals surface area contributed by atoms with Crippen LogP contribution >= 0.6 is 0 Å². The summed E-state index contributed by atoms with van der Waals surface area (Å²) in [4.78, 5) is 14.4.